The summed E-state index contributed by atoms with van der Waals surface area (Å²) in [5, 5.41) is 3.67. The SMILES string of the molecule is CC(C)CNCC1(C[Si](C)(C)C)CCC1. The van der Waals surface area contributed by atoms with Crippen LogP contribution >= 0.6 is 0 Å². The van der Waals surface area contributed by atoms with Gasteiger partial charge in [-0.3, -0.25) is 0 Å². The topological polar surface area (TPSA) is 12.0 Å². The van der Waals surface area contributed by atoms with Crippen molar-refractivity contribution in [3.63, 3.8) is 0 Å². The highest BCUT2D eigenvalue weighted by molar-refractivity contribution is 6.76. The minimum absolute atomic E-state index is 0.694. The molecular formula is C13H29NSi. The van der Waals surface area contributed by atoms with E-state index in [1.807, 2.05) is 0 Å². The zero-order valence-corrected chi connectivity index (χ0v) is 12.3. The van der Waals surface area contributed by atoms with Gasteiger partial charge >= 0.3 is 0 Å². The molecule has 0 radical (unpaired) electrons. The first-order valence-electron chi connectivity index (χ1n) is 6.54. The Morgan fingerprint density at radius 3 is 2.13 bits per heavy atom. The Kier molecular flexibility index (Phi) is 4.42. The molecule has 1 nitrogen and oxygen atoms in total. The van der Waals surface area contributed by atoms with Crippen LogP contribution in [0.2, 0.25) is 25.7 Å². The van der Waals surface area contributed by atoms with Gasteiger partial charge in [0.05, 0.1) is 0 Å². The van der Waals surface area contributed by atoms with Gasteiger partial charge in [0, 0.05) is 14.6 Å². The lowest BCUT2D eigenvalue weighted by atomic mass is 9.70. The Balaban J connectivity index is 2.33. The van der Waals surface area contributed by atoms with Crippen molar-refractivity contribution in [3.8, 4) is 0 Å². The van der Waals surface area contributed by atoms with Crippen molar-refractivity contribution >= 4 is 8.07 Å². The van der Waals surface area contributed by atoms with Crippen molar-refractivity contribution in [1.82, 2.24) is 5.32 Å². The van der Waals surface area contributed by atoms with Gasteiger partial charge < -0.3 is 5.32 Å². The maximum atomic E-state index is 3.67. The van der Waals surface area contributed by atoms with Crippen LogP contribution in [0.3, 0.4) is 0 Å². The maximum absolute atomic E-state index is 3.67. The predicted molar refractivity (Wildman–Crippen MR) is 72.1 cm³/mol. The summed E-state index contributed by atoms with van der Waals surface area (Å²) in [6.07, 6.45) is 4.42. The van der Waals surface area contributed by atoms with E-state index in [4.69, 9.17) is 0 Å². The third-order valence-electron chi connectivity index (χ3n) is 3.37. The second kappa shape index (κ2) is 5.01. The number of rotatable bonds is 6. The van der Waals surface area contributed by atoms with E-state index in [2.05, 4.69) is 38.8 Å². The molecule has 0 aromatic heterocycles. The Morgan fingerprint density at radius 2 is 1.80 bits per heavy atom. The minimum Gasteiger partial charge on any atom is -0.316 e. The van der Waals surface area contributed by atoms with Gasteiger partial charge in [0.2, 0.25) is 0 Å². The summed E-state index contributed by atoms with van der Waals surface area (Å²) in [4.78, 5) is 0. The molecule has 0 amide bonds. The quantitative estimate of drug-likeness (QED) is 0.682. The van der Waals surface area contributed by atoms with Gasteiger partial charge in [-0.05, 0) is 30.7 Å². The molecule has 1 rings (SSSR count). The molecule has 90 valence electrons. The summed E-state index contributed by atoms with van der Waals surface area (Å²) in [6.45, 7) is 14.6. The van der Waals surface area contributed by atoms with Crippen LogP contribution in [-0.2, 0) is 0 Å². The van der Waals surface area contributed by atoms with Crippen LogP contribution in [0.1, 0.15) is 33.1 Å². The van der Waals surface area contributed by atoms with Crippen LogP contribution < -0.4 is 5.32 Å². The van der Waals surface area contributed by atoms with Gasteiger partial charge in [-0.1, -0.05) is 46.0 Å². The number of hydrogen-bond acceptors (Lipinski definition) is 1. The molecule has 1 N–H and O–H groups in total. The van der Waals surface area contributed by atoms with Crippen molar-refractivity contribution in [3.05, 3.63) is 0 Å². The fraction of sp³-hybridized carbons (Fsp3) is 1.00. The Morgan fingerprint density at radius 1 is 1.20 bits per heavy atom. The molecule has 0 saturated heterocycles. The minimum atomic E-state index is -0.880. The van der Waals surface area contributed by atoms with Crippen LogP contribution in [0.5, 0.6) is 0 Å². The normalized spacial score (nSPS) is 20.4. The van der Waals surface area contributed by atoms with E-state index in [1.54, 1.807) is 0 Å². The average Bonchev–Trinajstić information content (AvgIpc) is 1.96. The number of nitrogens with one attached hydrogen (secondary N) is 1. The second-order valence-corrected chi connectivity index (χ2v) is 12.6. The highest BCUT2D eigenvalue weighted by Crippen LogP contribution is 2.46. The van der Waals surface area contributed by atoms with Crippen molar-refractivity contribution in [2.24, 2.45) is 11.3 Å². The van der Waals surface area contributed by atoms with Crippen LogP contribution in [0, 0.1) is 11.3 Å². The smallest absolute Gasteiger partial charge is 0.0448 e. The van der Waals surface area contributed by atoms with Crippen LogP contribution in [-0.4, -0.2) is 21.2 Å². The van der Waals surface area contributed by atoms with Crippen molar-refractivity contribution < 1.29 is 0 Å². The van der Waals surface area contributed by atoms with Gasteiger partial charge in [-0.2, -0.15) is 0 Å². The summed E-state index contributed by atoms with van der Waals surface area (Å²) in [5.41, 5.74) is 0.694. The third kappa shape index (κ3) is 4.69. The van der Waals surface area contributed by atoms with Crippen molar-refractivity contribution in [2.45, 2.75) is 58.8 Å². The van der Waals surface area contributed by atoms with Crippen LogP contribution in [0.25, 0.3) is 0 Å². The van der Waals surface area contributed by atoms with Gasteiger partial charge in [0.15, 0.2) is 0 Å². The highest BCUT2D eigenvalue weighted by atomic mass is 28.3. The fourth-order valence-corrected chi connectivity index (χ4v) is 5.57. The van der Waals surface area contributed by atoms with Crippen LogP contribution in [0.15, 0.2) is 0 Å². The molecular weight excluding hydrogens is 198 g/mol. The molecule has 15 heavy (non-hydrogen) atoms. The molecule has 0 aromatic carbocycles. The maximum Gasteiger partial charge on any atom is 0.0448 e. The lowest BCUT2D eigenvalue weighted by Crippen LogP contribution is -2.45. The van der Waals surface area contributed by atoms with E-state index in [-0.39, 0.29) is 0 Å². The Hall–Kier alpha value is 0.177. The molecule has 0 atom stereocenters. The molecule has 0 heterocycles. The lowest BCUT2D eigenvalue weighted by molar-refractivity contribution is 0.153. The van der Waals surface area contributed by atoms with E-state index in [0.717, 1.165) is 5.92 Å². The monoisotopic (exact) mass is 227 g/mol. The summed E-state index contributed by atoms with van der Waals surface area (Å²) >= 11 is 0. The van der Waals surface area contributed by atoms with Gasteiger partial charge in [-0.15, -0.1) is 0 Å². The standard InChI is InChI=1S/C13H29NSi/c1-12(2)9-14-10-13(7-6-8-13)11-15(3,4)5/h12,14H,6-11H2,1-5H3. The fourth-order valence-electron chi connectivity index (χ4n) is 2.84. The third-order valence-corrected chi connectivity index (χ3v) is 5.18. The lowest BCUT2D eigenvalue weighted by Gasteiger charge is -2.46. The van der Waals surface area contributed by atoms with Crippen LogP contribution in [0.4, 0.5) is 0 Å². The summed E-state index contributed by atoms with van der Waals surface area (Å²) in [5.74, 6) is 0.786. The second-order valence-electron chi connectivity index (χ2n) is 7.12. The predicted octanol–water partition coefficient (Wildman–Crippen LogP) is 3.74. The average molecular weight is 227 g/mol. The molecule has 0 spiro atoms. The molecule has 2 heteroatoms. The van der Waals surface area contributed by atoms with E-state index in [9.17, 15) is 0 Å². The molecule has 0 aliphatic heterocycles. The van der Waals surface area contributed by atoms with Gasteiger partial charge in [0.25, 0.3) is 0 Å². The van der Waals surface area contributed by atoms with Crippen molar-refractivity contribution in [2.75, 3.05) is 13.1 Å². The molecule has 1 aliphatic rings. The zero-order chi connectivity index (χ0) is 11.5. The molecule has 0 aromatic rings. The first kappa shape index (κ1) is 13.2. The molecule has 1 fully saturated rings. The van der Waals surface area contributed by atoms with Gasteiger partial charge in [0.1, 0.15) is 0 Å². The molecule has 0 bridgehead atoms. The molecule has 1 saturated carbocycles. The van der Waals surface area contributed by atoms with E-state index < -0.39 is 8.07 Å². The first-order chi connectivity index (χ1) is 6.83. The zero-order valence-electron chi connectivity index (χ0n) is 11.3. The number of hydrogen-bond donors (Lipinski definition) is 1. The molecule has 0 unspecified atom stereocenters. The van der Waals surface area contributed by atoms with E-state index in [0.29, 0.717) is 5.41 Å². The first-order valence-corrected chi connectivity index (χ1v) is 10.2. The Labute approximate surface area is 97.0 Å². The van der Waals surface area contributed by atoms with E-state index >= 15 is 0 Å². The van der Waals surface area contributed by atoms with Gasteiger partial charge in [-0.25, -0.2) is 0 Å². The van der Waals surface area contributed by atoms with E-state index in [1.165, 1.54) is 38.4 Å². The van der Waals surface area contributed by atoms with Crippen molar-refractivity contribution in [1.29, 1.82) is 0 Å². The molecule has 1 aliphatic carbocycles. The Bertz CT molecular complexity index is 189. The summed E-state index contributed by atoms with van der Waals surface area (Å²) < 4.78 is 0. The highest BCUT2D eigenvalue weighted by Gasteiger charge is 2.39. The largest absolute Gasteiger partial charge is 0.316 e. The summed E-state index contributed by atoms with van der Waals surface area (Å²) in [6, 6.07) is 1.52. The summed E-state index contributed by atoms with van der Waals surface area (Å²) in [7, 11) is -0.880.